The number of hydrogen-bond acceptors (Lipinski definition) is 3. The maximum atomic E-state index is 11.4. The van der Waals surface area contributed by atoms with Gasteiger partial charge in [0.1, 0.15) is 0 Å². The third-order valence-electron chi connectivity index (χ3n) is 2.32. The van der Waals surface area contributed by atoms with Crippen LogP contribution in [0.15, 0.2) is 24.8 Å². The average Bonchev–Trinajstić information content (AvgIpc) is 2.26. The lowest BCUT2D eigenvalue weighted by Gasteiger charge is -2.17. The molecule has 0 spiro atoms. The highest BCUT2D eigenvalue weighted by Gasteiger charge is 2.14. The number of hydrogen-bond donors (Lipinski definition) is 1. The zero-order valence-electron chi connectivity index (χ0n) is 9.67. The second kappa shape index (κ2) is 4.58. The summed E-state index contributed by atoms with van der Waals surface area (Å²) in [5.74, 6) is -0.614. The molecule has 0 atom stereocenters. The Balaban J connectivity index is 3.39. The normalized spacial score (nSPS) is 10.9. The molecule has 0 bridgehead atoms. The van der Waals surface area contributed by atoms with Crippen LogP contribution >= 0.6 is 0 Å². The smallest absolute Gasteiger partial charge is 0.248 e. The minimum atomic E-state index is -3.38. The maximum Gasteiger partial charge on any atom is 0.248 e. The molecule has 17 heavy (non-hydrogen) atoms. The summed E-state index contributed by atoms with van der Waals surface area (Å²) in [4.78, 5) is 11.1. The molecule has 0 aliphatic carbocycles. The number of nitrogens with two attached hydrogens (primary N) is 1. The summed E-state index contributed by atoms with van der Waals surface area (Å²) in [6.07, 6.45) is 2.60. The van der Waals surface area contributed by atoms with Gasteiger partial charge in [0.25, 0.3) is 0 Å². The van der Waals surface area contributed by atoms with Crippen LogP contribution < -0.4 is 10.0 Å². The molecule has 0 saturated carbocycles. The van der Waals surface area contributed by atoms with E-state index in [2.05, 4.69) is 6.58 Å². The number of carbonyl (C=O) groups is 1. The van der Waals surface area contributed by atoms with Crippen molar-refractivity contribution < 1.29 is 13.2 Å². The highest BCUT2D eigenvalue weighted by Crippen LogP contribution is 2.20. The third-order valence-corrected chi connectivity index (χ3v) is 3.53. The zero-order chi connectivity index (χ0) is 13.2. The Kier molecular flexibility index (Phi) is 3.57. The Hall–Kier alpha value is -1.82. The Morgan fingerprint density at radius 3 is 2.41 bits per heavy atom. The van der Waals surface area contributed by atoms with Crippen molar-refractivity contribution in [3.05, 3.63) is 35.9 Å². The average molecular weight is 254 g/mol. The van der Waals surface area contributed by atoms with Crippen LogP contribution in [0.1, 0.15) is 15.9 Å². The molecule has 1 aromatic rings. The number of nitrogens with zero attached hydrogens (tertiary/aromatic N) is 1. The molecular weight excluding hydrogens is 240 g/mol. The molecule has 0 heterocycles. The minimum absolute atomic E-state index is 0.243. The first-order valence-corrected chi connectivity index (χ1v) is 6.62. The van der Waals surface area contributed by atoms with Crippen molar-refractivity contribution >= 4 is 27.7 Å². The lowest BCUT2D eigenvalue weighted by atomic mass is 10.1. The molecule has 6 heteroatoms. The van der Waals surface area contributed by atoms with E-state index in [-0.39, 0.29) is 5.56 Å². The van der Waals surface area contributed by atoms with Crippen molar-refractivity contribution in [3.63, 3.8) is 0 Å². The fourth-order valence-corrected chi connectivity index (χ4v) is 1.76. The van der Waals surface area contributed by atoms with Crippen LogP contribution in [0.5, 0.6) is 0 Å². The van der Waals surface area contributed by atoms with Gasteiger partial charge in [-0.05, 0) is 23.8 Å². The van der Waals surface area contributed by atoms with E-state index in [1.807, 2.05) is 0 Å². The molecule has 0 radical (unpaired) electrons. The second-order valence-electron chi connectivity index (χ2n) is 3.61. The first kappa shape index (κ1) is 13.2. The quantitative estimate of drug-likeness (QED) is 0.864. The van der Waals surface area contributed by atoms with Crippen molar-refractivity contribution in [1.29, 1.82) is 0 Å². The van der Waals surface area contributed by atoms with Gasteiger partial charge in [-0.1, -0.05) is 12.7 Å². The van der Waals surface area contributed by atoms with Crippen molar-refractivity contribution in [2.45, 2.75) is 0 Å². The van der Waals surface area contributed by atoms with E-state index in [1.165, 1.54) is 19.2 Å². The van der Waals surface area contributed by atoms with Gasteiger partial charge in [0.15, 0.2) is 0 Å². The molecule has 1 rings (SSSR count). The Labute approximate surface area is 101 Å². The number of carbonyl (C=O) groups excluding carboxylic acids is 1. The van der Waals surface area contributed by atoms with E-state index in [0.717, 1.165) is 10.6 Å². The molecule has 0 aliphatic rings. The molecule has 0 unspecified atom stereocenters. The van der Waals surface area contributed by atoms with Gasteiger partial charge in [-0.3, -0.25) is 9.10 Å². The molecule has 92 valence electrons. The highest BCUT2D eigenvalue weighted by molar-refractivity contribution is 7.92. The fourth-order valence-electron chi connectivity index (χ4n) is 1.27. The number of sulfonamides is 1. The van der Waals surface area contributed by atoms with Crippen molar-refractivity contribution in [2.24, 2.45) is 5.73 Å². The van der Waals surface area contributed by atoms with E-state index in [0.29, 0.717) is 11.3 Å². The van der Waals surface area contributed by atoms with E-state index in [4.69, 9.17) is 5.73 Å². The van der Waals surface area contributed by atoms with Crippen LogP contribution in [-0.4, -0.2) is 27.6 Å². The molecule has 2 N–H and O–H groups in total. The lowest BCUT2D eigenvalue weighted by Crippen LogP contribution is -2.25. The summed E-state index contributed by atoms with van der Waals surface area (Å²) in [5, 5.41) is 0. The standard InChI is InChI=1S/C11H14N2O3S/c1-4-8-5-9(11(12)14)7-10(6-8)13(2)17(3,15)16/h4-7H,1H2,2-3H3,(H2,12,14). The van der Waals surface area contributed by atoms with Gasteiger partial charge in [-0.2, -0.15) is 0 Å². The monoisotopic (exact) mass is 254 g/mol. The minimum Gasteiger partial charge on any atom is -0.366 e. The zero-order valence-corrected chi connectivity index (χ0v) is 10.5. The van der Waals surface area contributed by atoms with Gasteiger partial charge >= 0.3 is 0 Å². The predicted molar refractivity (Wildman–Crippen MR) is 68.3 cm³/mol. The molecule has 1 amide bonds. The molecule has 0 aromatic heterocycles. The highest BCUT2D eigenvalue weighted by atomic mass is 32.2. The number of primary amides is 1. The van der Waals surface area contributed by atoms with Crippen LogP contribution in [-0.2, 0) is 10.0 Å². The molecule has 1 aromatic carbocycles. The number of amides is 1. The Morgan fingerprint density at radius 2 is 2.00 bits per heavy atom. The Bertz CT molecular complexity index is 564. The van der Waals surface area contributed by atoms with Gasteiger partial charge in [0.05, 0.1) is 11.9 Å². The van der Waals surface area contributed by atoms with E-state index >= 15 is 0 Å². The van der Waals surface area contributed by atoms with E-state index < -0.39 is 15.9 Å². The van der Waals surface area contributed by atoms with Crippen molar-refractivity contribution in [1.82, 2.24) is 0 Å². The number of benzene rings is 1. The van der Waals surface area contributed by atoms with Crippen LogP contribution in [0.2, 0.25) is 0 Å². The summed E-state index contributed by atoms with van der Waals surface area (Å²) < 4.78 is 23.9. The second-order valence-corrected chi connectivity index (χ2v) is 5.63. The van der Waals surface area contributed by atoms with Crippen LogP contribution in [0.4, 0.5) is 5.69 Å². The molecule has 0 saturated heterocycles. The van der Waals surface area contributed by atoms with Crippen LogP contribution in [0.25, 0.3) is 6.08 Å². The fraction of sp³-hybridized carbons (Fsp3) is 0.182. The van der Waals surface area contributed by atoms with Crippen molar-refractivity contribution in [3.8, 4) is 0 Å². The van der Waals surface area contributed by atoms with Gasteiger partial charge < -0.3 is 5.73 Å². The van der Waals surface area contributed by atoms with Gasteiger partial charge in [-0.25, -0.2) is 8.42 Å². The van der Waals surface area contributed by atoms with Gasteiger partial charge in [0.2, 0.25) is 15.9 Å². The predicted octanol–water partition coefficient (Wildman–Crippen LogP) is 0.824. The molecule has 0 aliphatic heterocycles. The third kappa shape index (κ3) is 3.07. The molecule has 0 fully saturated rings. The largest absolute Gasteiger partial charge is 0.366 e. The Morgan fingerprint density at radius 1 is 1.41 bits per heavy atom. The maximum absolute atomic E-state index is 11.4. The topological polar surface area (TPSA) is 80.5 Å². The molecule has 5 nitrogen and oxygen atoms in total. The summed E-state index contributed by atoms with van der Waals surface area (Å²) in [6.45, 7) is 3.57. The number of anilines is 1. The van der Waals surface area contributed by atoms with E-state index in [9.17, 15) is 13.2 Å². The van der Waals surface area contributed by atoms with Gasteiger partial charge in [0, 0.05) is 12.6 Å². The molecular formula is C11H14N2O3S. The SMILES string of the molecule is C=Cc1cc(C(N)=O)cc(N(C)S(C)(=O)=O)c1. The summed E-state index contributed by atoms with van der Waals surface area (Å²) in [5.41, 5.74) is 6.42. The first-order valence-electron chi connectivity index (χ1n) is 4.77. The first-order chi connectivity index (χ1) is 7.75. The lowest BCUT2D eigenvalue weighted by molar-refractivity contribution is 0.100. The van der Waals surface area contributed by atoms with Crippen LogP contribution in [0.3, 0.4) is 0 Å². The van der Waals surface area contributed by atoms with Crippen LogP contribution in [0, 0.1) is 0 Å². The summed E-state index contributed by atoms with van der Waals surface area (Å²) in [7, 11) is -1.97. The number of rotatable bonds is 4. The van der Waals surface area contributed by atoms with E-state index in [1.54, 1.807) is 12.1 Å². The van der Waals surface area contributed by atoms with Gasteiger partial charge in [-0.15, -0.1) is 0 Å². The summed E-state index contributed by atoms with van der Waals surface area (Å²) in [6, 6.07) is 4.59. The van der Waals surface area contributed by atoms with Crippen molar-refractivity contribution in [2.75, 3.05) is 17.6 Å². The summed E-state index contributed by atoms with van der Waals surface area (Å²) >= 11 is 0.